The first-order valence-corrected chi connectivity index (χ1v) is 11.2. The van der Waals surface area contributed by atoms with E-state index in [1.54, 1.807) is 0 Å². The zero-order valence-corrected chi connectivity index (χ0v) is 20.3. The first-order valence-electron chi connectivity index (χ1n) is 10.3. The van der Waals surface area contributed by atoms with Gasteiger partial charge in [0.2, 0.25) is 5.75 Å². The van der Waals surface area contributed by atoms with Gasteiger partial charge in [0, 0.05) is 42.7 Å². The van der Waals surface area contributed by atoms with Crippen molar-refractivity contribution in [3.05, 3.63) is 38.9 Å². The predicted octanol–water partition coefficient (Wildman–Crippen LogP) is 3.17. The molecule has 1 heterocycles. The second-order valence-electron chi connectivity index (χ2n) is 7.65. The fraction of sp³-hybridized carbons (Fsp3) is 0.476. The molecule has 0 radical (unpaired) electrons. The molecular weight excluding hydrogens is 450 g/mol. The first-order chi connectivity index (χ1) is 15.6. The van der Waals surface area contributed by atoms with Gasteiger partial charge in [-0.25, -0.2) is 4.98 Å². The van der Waals surface area contributed by atoms with E-state index in [4.69, 9.17) is 9.47 Å². The number of thiazole rings is 1. The first kappa shape index (κ1) is 26.0. The van der Waals surface area contributed by atoms with Crippen molar-refractivity contribution in [2.24, 2.45) is 0 Å². The lowest BCUT2D eigenvalue weighted by molar-refractivity contribution is -0.385. The van der Waals surface area contributed by atoms with Crippen molar-refractivity contribution in [1.82, 2.24) is 15.2 Å². The Balaban J connectivity index is 2.08. The Labute approximate surface area is 196 Å². The molecule has 0 saturated carbocycles. The average Bonchev–Trinajstić information content (AvgIpc) is 3.23. The van der Waals surface area contributed by atoms with Gasteiger partial charge >= 0.3 is 5.69 Å². The highest BCUT2D eigenvalue weighted by Gasteiger charge is 2.24. The Morgan fingerprint density at radius 1 is 1.12 bits per heavy atom. The Kier molecular flexibility index (Phi) is 9.12. The number of ether oxygens (including phenoxy) is 2. The number of aromatic nitrogens is 1. The van der Waals surface area contributed by atoms with Crippen LogP contribution in [0.15, 0.2) is 17.5 Å². The highest BCUT2D eigenvalue weighted by molar-refractivity contribution is 7.14. The molecular formula is C21H29N5O6S. The van der Waals surface area contributed by atoms with E-state index in [1.807, 2.05) is 0 Å². The molecule has 180 valence electrons. The number of nitro benzene ring substituents is 1. The minimum absolute atomic E-state index is 0.0323. The molecule has 0 atom stereocenters. The highest BCUT2D eigenvalue weighted by atomic mass is 32.1. The largest absolute Gasteiger partial charge is 0.496 e. The summed E-state index contributed by atoms with van der Waals surface area (Å²) in [6.45, 7) is 9.56. The Bertz CT molecular complexity index is 999. The van der Waals surface area contributed by atoms with E-state index in [2.05, 4.69) is 48.2 Å². The molecule has 11 nitrogen and oxygen atoms in total. The SMILES string of the molecule is COc1cc(OC)c([N+](=O)[O-])cc1C(=O)Nc1nc(C(=O)NCCN(C(C)C)C(C)C)cs1. The summed E-state index contributed by atoms with van der Waals surface area (Å²) in [5.41, 5.74) is -0.267. The van der Waals surface area contributed by atoms with Crippen molar-refractivity contribution in [3.63, 3.8) is 0 Å². The van der Waals surface area contributed by atoms with Crippen LogP contribution in [0.5, 0.6) is 11.5 Å². The molecule has 0 aliphatic rings. The lowest BCUT2D eigenvalue weighted by Crippen LogP contribution is -2.42. The van der Waals surface area contributed by atoms with Crippen LogP contribution in [-0.4, -0.2) is 66.0 Å². The molecule has 0 spiro atoms. The van der Waals surface area contributed by atoms with Crippen LogP contribution in [0.25, 0.3) is 0 Å². The summed E-state index contributed by atoms with van der Waals surface area (Å²) in [6.07, 6.45) is 0. The summed E-state index contributed by atoms with van der Waals surface area (Å²) in [5.74, 6) is -0.945. The van der Waals surface area contributed by atoms with Gasteiger partial charge in [0.1, 0.15) is 11.4 Å². The van der Waals surface area contributed by atoms with Gasteiger partial charge in [-0.05, 0) is 27.7 Å². The minimum atomic E-state index is -0.664. The molecule has 0 bridgehead atoms. The molecule has 1 aromatic heterocycles. The fourth-order valence-electron chi connectivity index (χ4n) is 3.30. The van der Waals surface area contributed by atoms with Crippen LogP contribution in [-0.2, 0) is 0 Å². The minimum Gasteiger partial charge on any atom is -0.496 e. The number of nitro groups is 1. The maximum Gasteiger partial charge on any atom is 0.311 e. The van der Waals surface area contributed by atoms with E-state index in [-0.39, 0.29) is 39.5 Å². The normalized spacial score (nSPS) is 11.1. The highest BCUT2D eigenvalue weighted by Crippen LogP contribution is 2.35. The molecule has 0 fully saturated rings. The molecule has 0 aliphatic heterocycles. The third-order valence-electron chi connectivity index (χ3n) is 4.88. The van der Waals surface area contributed by atoms with Gasteiger partial charge in [-0.1, -0.05) is 0 Å². The van der Waals surface area contributed by atoms with Crippen molar-refractivity contribution >= 4 is 34.0 Å². The van der Waals surface area contributed by atoms with Crippen molar-refractivity contribution < 1.29 is 24.0 Å². The van der Waals surface area contributed by atoms with Crippen LogP contribution in [0, 0.1) is 10.1 Å². The number of benzene rings is 1. The van der Waals surface area contributed by atoms with Gasteiger partial charge in [0.15, 0.2) is 5.13 Å². The van der Waals surface area contributed by atoms with E-state index in [1.165, 1.54) is 25.7 Å². The van der Waals surface area contributed by atoms with Gasteiger partial charge in [-0.3, -0.25) is 29.9 Å². The number of hydrogen-bond donors (Lipinski definition) is 2. The van der Waals surface area contributed by atoms with E-state index in [0.29, 0.717) is 25.2 Å². The zero-order chi connectivity index (χ0) is 24.7. The molecule has 0 saturated heterocycles. The summed E-state index contributed by atoms with van der Waals surface area (Å²) in [7, 11) is 2.62. The maximum absolute atomic E-state index is 12.7. The predicted molar refractivity (Wildman–Crippen MR) is 126 cm³/mol. The molecule has 2 aromatic rings. The van der Waals surface area contributed by atoms with Gasteiger partial charge in [-0.15, -0.1) is 11.3 Å². The molecule has 2 amide bonds. The zero-order valence-electron chi connectivity index (χ0n) is 19.5. The summed E-state index contributed by atoms with van der Waals surface area (Å²) in [4.78, 5) is 42.2. The van der Waals surface area contributed by atoms with Crippen molar-refractivity contribution in [3.8, 4) is 11.5 Å². The van der Waals surface area contributed by atoms with Crippen molar-refractivity contribution in [1.29, 1.82) is 0 Å². The third-order valence-corrected chi connectivity index (χ3v) is 5.64. The van der Waals surface area contributed by atoms with Crippen LogP contribution in [0.3, 0.4) is 0 Å². The topological polar surface area (TPSA) is 136 Å². The van der Waals surface area contributed by atoms with Gasteiger partial charge in [0.05, 0.1) is 24.7 Å². The molecule has 12 heteroatoms. The van der Waals surface area contributed by atoms with E-state index >= 15 is 0 Å². The lowest BCUT2D eigenvalue weighted by Gasteiger charge is -2.30. The Morgan fingerprint density at radius 2 is 1.76 bits per heavy atom. The molecule has 0 aliphatic carbocycles. The third kappa shape index (κ3) is 6.62. The van der Waals surface area contributed by atoms with Crippen molar-refractivity contribution in [2.75, 3.05) is 32.6 Å². The second kappa shape index (κ2) is 11.6. The van der Waals surface area contributed by atoms with E-state index in [9.17, 15) is 19.7 Å². The Hall–Kier alpha value is -3.25. The van der Waals surface area contributed by atoms with Crippen LogP contribution in [0.1, 0.15) is 48.5 Å². The quantitative estimate of drug-likeness (QED) is 0.370. The van der Waals surface area contributed by atoms with Gasteiger partial charge in [0.25, 0.3) is 11.8 Å². The number of anilines is 1. The fourth-order valence-corrected chi connectivity index (χ4v) is 3.99. The molecule has 0 unspecified atom stereocenters. The molecule has 2 rings (SSSR count). The maximum atomic E-state index is 12.7. The summed E-state index contributed by atoms with van der Waals surface area (Å²) in [5, 5.41) is 18.4. The van der Waals surface area contributed by atoms with E-state index < -0.39 is 10.8 Å². The summed E-state index contributed by atoms with van der Waals surface area (Å²) in [6, 6.07) is 3.05. The summed E-state index contributed by atoms with van der Waals surface area (Å²) >= 11 is 1.07. The average molecular weight is 480 g/mol. The number of nitrogens with zero attached hydrogens (tertiary/aromatic N) is 3. The summed E-state index contributed by atoms with van der Waals surface area (Å²) < 4.78 is 10.2. The number of nitrogens with one attached hydrogen (secondary N) is 2. The smallest absolute Gasteiger partial charge is 0.311 e. The standard InChI is InChI=1S/C21H29N5O6S/c1-12(2)25(13(3)4)8-7-22-20(28)15-11-33-21(23-15)24-19(27)14-9-16(26(29)30)18(32-6)10-17(14)31-5/h9-13H,7-8H2,1-6H3,(H,22,28)(H,23,24,27). The van der Waals surface area contributed by atoms with Crippen LogP contribution in [0.4, 0.5) is 10.8 Å². The molecule has 1 aromatic carbocycles. The number of rotatable bonds is 11. The van der Waals surface area contributed by atoms with Gasteiger partial charge < -0.3 is 14.8 Å². The number of carbonyl (C=O) groups excluding carboxylic acids is 2. The van der Waals surface area contributed by atoms with Crippen molar-refractivity contribution in [2.45, 2.75) is 39.8 Å². The lowest BCUT2D eigenvalue weighted by atomic mass is 10.1. The van der Waals surface area contributed by atoms with Crippen LogP contribution >= 0.6 is 11.3 Å². The number of carbonyl (C=O) groups is 2. The van der Waals surface area contributed by atoms with Gasteiger partial charge in [-0.2, -0.15) is 0 Å². The molecule has 2 N–H and O–H groups in total. The molecule has 33 heavy (non-hydrogen) atoms. The van der Waals surface area contributed by atoms with Crippen LogP contribution in [0.2, 0.25) is 0 Å². The Morgan fingerprint density at radius 3 is 2.30 bits per heavy atom. The monoisotopic (exact) mass is 479 g/mol. The number of hydrogen-bond acceptors (Lipinski definition) is 9. The van der Waals surface area contributed by atoms with Crippen LogP contribution < -0.4 is 20.1 Å². The van der Waals surface area contributed by atoms with E-state index in [0.717, 1.165) is 17.4 Å². The number of amides is 2. The second-order valence-corrected chi connectivity index (χ2v) is 8.51. The number of methoxy groups -OCH3 is 2.